The molecular weight excluding hydrogens is 435 g/mol. The minimum absolute atomic E-state index is 0.00540. The maximum atomic E-state index is 13.7. The molecule has 3 aromatic rings. The number of carbonyl (C=O) groups is 1. The van der Waals surface area contributed by atoms with Crippen LogP contribution in [0.2, 0.25) is 0 Å². The molecule has 2 N–H and O–H groups in total. The van der Waals surface area contributed by atoms with Crippen LogP contribution in [0.15, 0.2) is 54.6 Å². The minimum atomic E-state index is -1.01. The highest BCUT2D eigenvalue weighted by Crippen LogP contribution is 2.45. The lowest BCUT2D eigenvalue weighted by Crippen LogP contribution is -2.30. The number of rotatable bonds is 9. The summed E-state index contributed by atoms with van der Waals surface area (Å²) in [4.78, 5) is 21.7. The van der Waals surface area contributed by atoms with Crippen LogP contribution in [0.5, 0.6) is 0 Å². The Labute approximate surface area is 198 Å². The average Bonchev–Trinajstić information content (AvgIpc) is 3.67. The molecule has 1 fully saturated rings. The summed E-state index contributed by atoms with van der Waals surface area (Å²) in [6, 6.07) is 14.2. The molecule has 1 heterocycles. The van der Waals surface area contributed by atoms with Crippen molar-refractivity contribution in [1.29, 1.82) is 0 Å². The van der Waals surface area contributed by atoms with Gasteiger partial charge in [-0.05, 0) is 36.6 Å². The molecule has 6 nitrogen and oxygen atoms in total. The van der Waals surface area contributed by atoms with Crippen LogP contribution in [0.4, 0.5) is 4.39 Å². The van der Waals surface area contributed by atoms with Gasteiger partial charge in [0.2, 0.25) is 5.91 Å². The van der Waals surface area contributed by atoms with Crippen molar-refractivity contribution in [2.24, 2.45) is 0 Å². The molecule has 1 amide bonds. The molecule has 0 bridgehead atoms. The minimum Gasteiger partial charge on any atom is -0.392 e. The highest BCUT2D eigenvalue weighted by Gasteiger charge is 2.29. The number of halogens is 1. The third-order valence-electron chi connectivity index (χ3n) is 6.09. The molecule has 2 aromatic carbocycles. The molecule has 178 valence electrons. The van der Waals surface area contributed by atoms with E-state index in [0.717, 1.165) is 51.2 Å². The average molecular weight is 465 g/mol. The van der Waals surface area contributed by atoms with Crippen molar-refractivity contribution in [2.75, 3.05) is 14.2 Å². The van der Waals surface area contributed by atoms with E-state index in [-0.39, 0.29) is 24.6 Å². The topological polar surface area (TPSA) is 82.9 Å². The van der Waals surface area contributed by atoms with Crippen molar-refractivity contribution in [3.05, 3.63) is 71.7 Å². The predicted octanol–water partition coefficient (Wildman–Crippen LogP) is 4.45. The van der Waals surface area contributed by atoms with Crippen molar-refractivity contribution < 1.29 is 24.2 Å². The summed E-state index contributed by atoms with van der Waals surface area (Å²) < 4.78 is 13.7. The van der Waals surface area contributed by atoms with Gasteiger partial charge in [0.25, 0.3) is 0 Å². The van der Waals surface area contributed by atoms with Crippen molar-refractivity contribution in [3.63, 3.8) is 0 Å². The second-order valence-electron chi connectivity index (χ2n) is 8.68. The highest BCUT2D eigenvalue weighted by atomic mass is 19.1. The van der Waals surface area contributed by atoms with Gasteiger partial charge in [-0.25, -0.2) is 9.45 Å². The molecule has 0 saturated heterocycles. The Balaban J connectivity index is 1.68. The van der Waals surface area contributed by atoms with Crippen LogP contribution in [-0.2, 0) is 9.63 Å². The van der Waals surface area contributed by atoms with E-state index in [2.05, 4.69) is 0 Å². The van der Waals surface area contributed by atoms with Gasteiger partial charge in [-0.3, -0.25) is 14.6 Å². The second kappa shape index (κ2) is 10.4. The van der Waals surface area contributed by atoms with E-state index in [4.69, 9.17) is 9.82 Å². The number of amides is 1. The normalized spacial score (nSPS) is 15.6. The fourth-order valence-corrected chi connectivity index (χ4v) is 4.09. The largest absolute Gasteiger partial charge is 0.392 e. The van der Waals surface area contributed by atoms with Crippen LogP contribution in [-0.4, -0.2) is 52.5 Å². The van der Waals surface area contributed by atoms with E-state index < -0.39 is 12.2 Å². The van der Waals surface area contributed by atoms with Gasteiger partial charge >= 0.3 is 0 Å². The van der Waals surface area contributed by atoms with E-state index in [1.165, 1.54) is 26.3 Å². The van der Waals surface area contributed by atoms with E-state index in [0.29, 0.717) is 5.92 Å². The van der Waals surface area contributed by atoms with Gasteiger partial charge in [0.15, 0.2) is 0 Å². The number of aliphatic hydroxyl groups is 2. The number of hydrogen-bond acceptors (Lipinski definition) is 5. The fraction of sp³-hybridized carbons (Fsp3) is 0.333. The summed E-state index contributed by atoms with van der Waals surface area (Å²) in [5.74, 6) is -0.340. The molecule has 4 rings (SSSR count). The number of hydrogen-bond donors (Lipinski definition) is 2. The Morgan fingerprint density at radius 3 is 2.59 bits per heavy atom. The number of benzene rings is 2. The molecule has 7 heteroatoms. The summed E-state index contributed by atoms with van der Waals surface area (Å²) >= 11 is 0. The summed E-state index contributed by atoms with van der Waals surface area (Å²) in [6.45, 7) is 0. The summed E-state index contributed by atoms with van der Waals surface area (Å²) in [5.41, 5.74) is 4.52. The number of hydroxylamine groups is 2. The second-order valence-corrected chi connectivity index (χ2v) is 8.68. The number of pyridine rings is 1. The van der Waals surface area contributed by atoms with Crippen LogP contribution >= 0.6 is 0 Å². The number of aliphatic hydroxyl groups excluding tert-OH is 2. The summed E-state index contributed by atoms with van der Waals surface area (Å²) in [5, 5.41) is 22.8. The van der Waals surface area contributed by atoms with Crippen molar-refractivity contribution >= 4 is 22.9 Å². The van der Waals surface area contributed by atoms with E-state index in [1.54, 1.807) is 18.2 Å². The lowest BCUT2D eigenvalue weighted by Gasteiger charge is -2.18. The molecule has 0 unspecified atom stereocenters. The third kappa shape index (κ3) is 5.50. The van der Waals surface area contributed by atoms with Gasteiger partial charge in [0, 0.05) is 35.9 Å². The molecule has 1 aliphatic rings. The first-order valence-corrected chi connectivity index (χ1v) is 11.4. The molecule has 1 aliphatic carbocycles. The van der Waals surface area contributed by atoms with Crippen molar-refractivity contribution in [1.82, 2.24) is 10.0 Å². The Morgan fingerprint density at radius 2 is 1.91 bits per heavy atom. The standard InChI is InChI=1S/C27H29FN2O4/c1-30(34-2)25(33)16-21(32)15-20(31)13-14-23-26(17-9-11-19(28)12-10-17)22-5-3-4-6-24(22)29-27(23)18-7-8-18/h3-6,9-14,18,20-21,31-32H,7-8,15-16H2,1-2H3/b14-13+/t20-,21-/m1/s1. The van der Waals surface area contributed by atoms with Crippen LogP contribution in [0.1, 0.15) is 42.9 Å². The highest BCUT2D eigenvalue weighted by molar-refractivity contribution is 5.99. The van der Waals surface area contributed by atoms with Gasteiger partial charge in [0.05, 0.1) is 36.9 Å². The molecule has 34 heavy (non-hydrogen) atoms. The number of aromatic nitrogens is 1. The quantitative estimate of drug-likeness (QED) is 0.457. The molecular formula is C27H29FN2O4. The summed E-state index contributed by atoms with van der Waals surface area (Å²) in [6.07, 6.45) is 3.43. The van der Waals surface area contributed by atoms with E-state index >= 15 is 0 Å². The van der Waals surface area contributed by atoms with Crippen molar-refractivity contribution in [3.8, 4) is 11.1 Å². The molecule has 1 saturated carbocycles. The zero-order chi connectivity index (χ0) is 24.2. The number of para-hydroxylation sites is 1. The van der Waals surface area contributed by atoms with Crippen molar-refractivity contribution in [2.45, 2.75) is 43.8 Å². The summed E-state index contributed by atoms with van der Waals surface area (Å²) in [7, 11) is 2.84. The maximum absolute atomic E-state index is 13.7. The molecule has 2 atom stereocenters. The number of fused-ring (bicyclic) bond motifs is 1. The van der Waals surface area contributed by atoms with Gasteiger partial charge in [-0.2, -0.15) is 0 Å². The lowest BCUT2D eigenvalue weighted by molar-refractivity contribution is -0.170. The molecule has 1 aromatic heterocycles. The third-order valence-corrected chi connectivity index (χ3v) is 6.09. The smallest absolute Gasteiger partial charge is 0.248 e. The van der Waals surface area contributed by atoms with Gasteiger partial charge < -0.3 is 10.2 Å². The monoisotopic (exact) mass is 464 g/mol. The van der Waals surface area contributed by atoms with Gasteiger partial charge in [-0.1, -0.05) is 42.5 Å². The molecule has 0 spiro atoms. The van der Waals surface area contributed by atoms with Crippen LogP contribution < -0.4 is 0 Å². The van der Waals surface area contributed by atoms with Gasteiger partial charge in [0.1, 0.15) is 5.82 Å². The molecule has 0 aliphatic heterocycles. The zero-order valence-corrected chi connectivity index (χ0v) is 19.3. The van der Waals surface area contributed by atoms with E-state index in [9.17, 15) is 19.4 Å². The molecule has 0 radical (unpaired) electrons. The predicted molar refractivity (Wildman–Crippen MR) is 129 cm³/mol. The first-order chi connectivity index (χ1) is 16.4. The zero-order valence-electron chi connectivity index (χ0n) is 19.3. The first-order valence-electron chi connectivity index (χ1n) is 11.4. The Morgan fingerprint density at radius 1 is 1.21 bits per heavy atom. The Kier molecular flexibility index (Phi) is 7.36. The fourth-order valence-electron chi connectivity index (χ4n) is 4.09. The Bertz CT molecular complexity index is 1190. The van der Waals surface area contributed by atoms with Crippen LogP contribution in [0.25, 0.3) is 28.1 Å². The van der Waals surface area contributed by atoms with Crippen LogP contribution in [0.3, 0.4) is 0 Å². The lowest BCUT2D eigenvalue weighted by atomic mass is 9.92. The van der Waals surface area contributed by atoms with Crippen LogP contribution in [0, 0.1) is 5.82 Å². The SMILES string of the molecule is CON(C)C(=O)C[C@H](O)C[C@H](O)/C=C/c1c(C2CC2)nc2ccccc2c1-c1ccc(F)cc1. The Hall–Kier alpha value is -3.13. The first kappa shape index (κ1) is 24.0. The van der Waals surface area contributed by atoms with Gasteiger partial charge in [-0.15, -0.1) is 0 Å². The number of carbonyl (C=O) groups excluding carboxylic acids is 1. The number of nitrogens with zero attached hydrogens (tertiary/aromatic N) is 2. The maximum Gasteiger partial charge on any atom is 0.248 e. The van der Waals surface area contributed by atoms with E-state index in [1.807, 2.05) is 30.3 Å².